The van der Waals surface area contributed by atoms with Crippen molar-refractivity contribution < 1.29 is 9.53 Å². The van der Waals surface area contributed by atoms with Gasteiger partial charge in [0.1, 0.15) is 5.60 Å². The smallest absolute Gasteiger partial charge is 0.310 e. The van der Waals surface area contributed by atoms with Crippen molar-refractivity contribution >= 4 is 17.6 Å². The number of nitrogens with zero attached hydrogens (tertiary/aromatic N) is 3. The highest BCUT2D eigenvalue weighted by Crippen LogP contribution is 2.18. The van der Waals surface area contributed by atoms with Gasteiger partial charge < -0.3 is 4.74 Å². The van der Waals surface area contributed by atoms with E-state index < -0.39 is 5.60 Å². The monoisotopic (exact) mass is 293 g/mol. The van der Waals surface area contributed by atoms with Crippen LogP contribution in [0.3, 0.4) is 0 Å². The molecular formula is C14H16ClN3O2. The molecule has 0 saturated carbocycles. The SMILES string of the molecule is CC(C)(C)OC(=O)Cc1cn(-c2cccnc2)nc1Cl. The highest BCUT2D eigenvalue weighted by molar-refractivity contribution is 6.30. The number of hydrogen-bond acceptors (Lipinski definition) is 4. The molecule has 0 saturated heterocycles. The molecule has 2 aromatic rings. The maximum Gasteiger partial charge on any atom is 0.310 e. The maximum atomic E-state index is 11.8. The number of rotatable bonds is 3. The molecule has 0 atom stereocenters. The summed E-state index contributed by atoms with van der Waals surface area (Å²) in [6, 6.07) is 3.66. The summed E-state index contributed by atoms with van der Waals surface area (Å²) in [5, 5.41) is 4.46. The van der Waals surface area contributed by atoms with Crippen LogP contribution in [-0.4, -0.2) is 26.3 Å². The van der Waals surface area contributed by atoms with E-state index in [-0.39, 0.29) is 12.4 Å². The summed E-state index contributed by atoms with van der Waals surface area (Å²) < 4.78 is 6.86. The lowest BCUT2D eigenvalue weighted by Crippen LogP contribution is -2.24. The van der Waals surface area contributed by atoms with Gasteiger partial charge in [-0.2, -0.15) is 5.10 Å². The summed E-state index contributed by atoms with van der Waals surface area (Å²) in [6.45, 7) is 5.47. The predicted molar refractivity (Wildman–Crippen MR) is 75.9 cm³/mol. The third kappa shape index (κ3) is 3.81. The molecule has 0 aliphatic heterocycles. The van der Waals surface area contributed by atoms with Crippen LogP contribution in [0, 0.1) is 0 Å². The van der Waals surface area contributed by atoms with Gasteiger partial charge in [0, 0.05) is 18.0 Å². The van der Waals surface area contributed by atoms with Gasteiger partial charge in [0.25, 0.3) is 0 Å². The summed E-state index contributed by atoms with van der Waals surface area (Å²) in [5.74, 6) is -0.329. The molecule has 106 valence electrons. The van der Waals surface area contributed by atoms with Crippen LogP contribution in [-0.2, 0) is 16.0 Å². The highest BCUT2D eigenvalue weighted by Gasteiger charge is 2.19. The Kier molecular flexibility index (Phi) is 4.09. The second-order valence-electron chi connectivity index (χ2n) is 5.36. The molecule has 0 N–H and O–H groups in total. The quantitative estimate of drug-likeness (QED) is 0.817. The fourth-order valence-corrected chi connectivity index (χ4v) is 1.86. The Morgan fingerprint density at radius 2 is 2.20 bits per heavy atom. The van der Waals surface area contributed by atoms with Gasteiger partial charge in [0.05, 0.1) is 18.3 Å². The molecule has 2 aromatic heterocycles. The predicted octanol–water partition coefficient (Wildman–Crippen LogP) is 2.80. The molecule has 2 heterocycles. The number of esters is 1. The van der Waals surface area contributed by atoms with Crippen LogP contribution >= 0.6 is 11.6 Å². The zero-order chi connectivity index (χ0) is 14.8. The number of pyridine rings is 1. The molecule has 0 radical (unpaired) electrons. The lowest BCUT2D eigenvalue weighted by atomic mass is 10.2. The Bertz CT molecular complexity index is 603. The van der Waals surface area contributed by atoms with Crippen molar-refractivity contribution in [3.05, 3.63) is 41.4 Å². The second kappa shape index (κ2) is 5.63. The van der Waals surface area contributed by atoms with Gasteiger partial charge in [-0.1, -0.05) is 11.6 Å². The van der Waals surface area contributed by atoms with Crippen molar-refractivity contribution in [2.45, 2.75) is 32.8 Å². The van der Waals surface area contributed by atoms with E-state index in [9.17, 15) is 4.79 Å². The minimum Gasteiger partial charge on any atom is -0.460 e. The van der Waals surface area contributed by atoms with Gasteiger partial charge >= 0.3 is 5.97 Å². The molecule has 0 aliphatic rings. The molecular weight excluding hydrogens is 278 g/mol. The van der Waals surface area contributed by atoms with Crippen LogP contribution in [0.1, 0.15) is 26.3 Å². The Morgan fingerprint density at radius 3 is 2.80 bits per heavy atom. The molecule has 5 nitrogen and oxygen atoms in total. The number of carbonyl (C=O) groups excluding carboxylic acids is 1. The lowest BCUT2D eigenvalue weighted by molar-refractivity contribution is -0.153. The van der Waals surface area contributed by atoms with E-state index in [0.717, 1.165) is 5.69 Å². The molecule has 0 amide bonds. The Hall–Kier alpha value is -1.88. The standard InChI is InChI=1S/C14H16ClN3O2/c1-14(2,3)20-12(19)7-10-9-18(17-13(10)15)11-5-4-6-16-8-11/h4-6,8-9H,7H2,1-3H3. The molecule has 0 fully saturated rings. The molecule has 6 heteroatoms. The number of ether oxygens (including phenoxy) is 1. The summed E-state index contributed by atoms with van der Waals surface area (Å²) in [5.41, 5.74) is 0.901. The summed E-state index contributed by atoms with van der Waals surface area (Å²) in [4.78, 5) is 15.8. The average Bonchev–Trinajstić information content (AvgIpc) is 2.70. The van der Waals surface area contributed by atoms with Crippen molar-refractivity contribution in [1.82, 2.24) is 14.8 Å². The third-order valence-electron chi connectivity index (χ3n) is 2.40. The van der Waals surface area contributed by atoms with E-state index in [2.05, 4.69) is 10.1 Å². The van der Waals surface area contributed by atoms with Crippen molar-refractivity contribution in [2.75, 3.05) is 0 Å². The van der Waals surface area contributed by atoms with Crippen molar-refractivity contribution in [3.63, 3.8) is 0 Å². The molecule has 0 aromatic carbocycles. The first-order valence-electron chi connectivity index (χ1n) is 6.21. The minimum atomic E-state index is -0.511. The Balaban J connectivity index is 2.15. The first kappa shape index (κ1) is 14.5. The van der Waals surface area contributed by atoms with Crippen LogP contribution in [0.4, 0.5) is 0 Å². The normalized spacial score (nSPS) is 11.4. The van der Waals surface area contributed by atoms with Crippen LogP contribution in [0.15, 0.2) is 30.7 Å². The van der Waals surface area contributed by atoms with Crippen LogP contribution in [0.25, 0.3) is 5.69 Å². The zero-order valence-corrected chi connectivity index (χ0v) is 12.4. The first-order valence-corrected chi connectivity index (χ1v) is 6.59. The van der Waals surface area contributed by atoms with E-state index in [1.54, 1.807) is 29.3 Å². The van der Waals surface area contributed by atoms with Gasteiger partial charge in [-0.05, 0) is 32.9 Å². The fraction of sp³-hybridized carbons (Fsp3) is 0.357. The van der Waals surface area contributed by atoms with E-state index in [4.69, 9.17) is 16.3 Å². The summed E-state index contributed by atoms with van der Waals surface area (Å²) in [7, 11) is 0. The molecule has 2 rings (SSSR count). The molecule has 0 unspecified atom stereocenters. The highest BCUT2D eigenvalue weighted by atomic mass is 35.5. The van der Waals surface area contributed by atoms with Crippen LogP contribution < -0.4 is 0 Å². The maximum absolute atomic E-state index is 11.8. The Labute approximate surface area is 122 Å². The minimum absolute atomic E-state index is 0.0936. The van der Waals surface area contributed by atoms with E-state index in [0.29, 0.717) is 10.7 Å². The van der Waals surface area contributed by atoms with Crippen molar-refractivity contribution in [3.8, 4) is 5.69 Å². The van der Waals surface area contributed by atoms with Gasteiger partial charge in [0.2, 0.25) is 0 Å². The zero-order valence-electron chi connectivity index (χ0n) is 11.6. The summed E-state index contributed by atoms with van der Waals surface area (Å²) in [6.07, 6.45) is 5.15. The van der Waals surface area contributed by atoms with Gasteiger partial charge in [-0.3, -0.25) is 9.78 Å². The number of carbonyl (C=O) groups is 1. The first-order chi connectivity index (χ1) is 9.35. The lowest BCUT2D eigenvalue weighted by Gasteiger charge is -2.19. The van der Waals surface area contributed by atoms with Crippen LogP contribution in [0.5, 0.6) is 0 Å². The van der Waals surface area contributed by atoms with Crippen LogP contribution in [0.2, 0.25) is 5.15 Å². The van der Waals surface area contributed by atoms with Gasteiger partial charge in [-0.15, -0.1) is 0 Å². The van der Waals surface area contributed by atoms with Gasteiger partial charge in [-0.25, -0.2) is 4.68 Å². The molecule has 0 bridgehead atoms. The van der Waals surface area contributed by atoms with E-state index in [1.165, 1.54) is 0 Å². The van der Waals surface area contributed by atoms with Gasteiger partial charge in [0.15, 0.2) is 5.15 Å². The van der Waals surface area contributed by atoms with E-state index >= 15 is 0 Å². The number of aromatic nitrogens is 3. The molecule has 20 heavy (non-hydrogen) atoms. The third-order valence-corrected chi connectivity index (χ3v) is 2.72. The second-order valence-corrected chi connectivity index (χ2v) is 5.72. The molecule has 0 spiro atoms. The van der Waals surface area contributed by atoms with Crippen molar-refractivity contribution in [1.29, 1.82) is 0 Å². The Morgan fingerprint density at radius 1 is 1.45 bits per heavy atom. The number of halogens is 1. The molecule has 0 aliphatic carbocycles. The largest absolute Gasteiger partial charge is 0.460 e. The average molecular weight is 294 g/mol. The fourth-order valence-electron chi connectivity index (χ4n) is 1.66. The van der Waals surface area contributed by atoms with Crippen molar-refractivity contribution in [2.24, 2.45) is 0 Å². The van der Waals surface area contributed by atoms with E-state index in [1.807, 2.05) is 26.8 Å². The summed E-state index contributed by atoms with van der Waals surface area (Å²) >= 11 is 6.05. The topological polar surface area (TPSA) is 57.0 Å². The number of hydrogen-bond donors (Lipinski definition) is 0.